The largest absolute Gasteiger partial charge is 0.305 e. The van der Waals surface area contributed by atoms with E-state index in [0.717, 1.165) is 13.2 Å². The van der Waals surface area contributed by atoms with Gasteiger partial charge in [0.2, 0.25) is 0 Å². The van der Waals surface area contributed by atoms with Gasteiger partial charge in [-0.05, 0) is 6.54 Å². The van der Waals surface area contributed by atoms with Crippen LogP contribution < -0.4 is 10.6 Å². The van der Waals surface area contributed by atoms with E-state index in [1.807, 2.05) is 0 Å². The second-order valence-electron chi connectivity index (χ2n) is 2.29. The van der Waals surface area contributed by atoms with Crippen molar-refractivity contribution in [3.05, 3.63) is 0 Å². The normalized spacial score (nSPS) is 14.0. The van der Waals surface area contributed by atoms with Gasteiger partial charge < -0.3 is 10.6 Å². The van der Waals surface area contributed by atoms with E-state index in [1.165, 1.54) is 16.3 Å². The van der Waals surface area contributed by atoms with Crippen LogP contribution in [0.1, 0.15) is 13.8 Å². The average molecular weight is 146 g/mol. The zero-order chi connectivity index (χ0) is 7.11. The molecule has 0 aliphatic rings. The average Bonchev–Trinajstić information content (AvgIpc) is 1.89. The van der Waals surface area contributed by atoms with Crippen LogP contribution in [0.2, 0.25) is 6.04 Å². The van der Waals surface area contributed by atoms with E-state index in [2.05, 4.69) is 24.5 Å². The van der Waals surface area contributed by atoms with Crippen LogP contribution in [-0.2, 0) is 0 Å². The highest BCUT2D eigenvalue weighted by atomic mass is 28.1. The first-order valence-electron chi connectivity index (χ1n) is 3.75. The van der Waals surface area contributed by atoms with Crippen LogP contribution in [0.4, 0.5) is 0 Å². The van der Waals surface area contributed by atoms with Gasteiger partial charge in [-0.2, -0.15) is 0 Å². The minimum Gasteiger partial charge on any atom is -0.305 e. The second kappa shape index (κ2) is 6.26. The summed E-state index contributed by atoms with van der Waals surface area (Å²) in [6.45, 7) is 6.36. The standard InChI is InChI=1S/C6H18N2Si/c1-3-7-5-8-6(2)4-9/h6-8H,3-5H2,1-2,9H3. The van der Waals surface area contributed by atoms with Gasteiger partial charge in [-0.3, -0.25) is 0 Å². The van der Waals surface area contributed by atoms with Crippen molar-refractivity contribution < 1.29 is 0 Å². The van der Waals surface area contributed by atoms with Crippen molar-refractivity contribution in [2.75, 3.05) is 13.2 Å². The smallest absolute Gasteiger partial charge is 0.0456 e. The fraction of sp³-hybridized carbons (Fsp3) is 1.00. The molecule has 0 heterocycles. The third kappa shape index (κ3) is 6.02. The van der Waals surface area contributed by atoms with Crippen molar-refractivity contribution in [2.45, 2.75) is 25.9 Å². The monoisotopic (exact) mass is 146 g/mol. The first-order valence-corrected chi connectivity index (χ1v) is 5.16. The van der Waals surface area contributed by atoms with Gasteiger partial charge in [-0.15, -0.1) is 0 Å². The Kier molecular flexibility index (Phi) is 6.35. The van der Waals surface area contributed by atoms with Crippen LogP contribution in [0.25, 0.3) is 0 Å². The molecule has 0 aliphatic carbocycles. The number of hydrogen-bond donors (Lipinski definition) is 2. The summed E-state index contributed by atoms with van der Waals surface area (Å²) in [5, 5.41) is 6.57. The molecular weight excluding hydrogens is 128 g/mol. The highest BCUT2D eigenvalue weighted by molar-refractivity contribution is 6.08. The van der Waals surface area contributed by atoms with Crippen LogP contribution in [-0.4, -0.2) is 29.5 Å². The molecule has 2 N–H and O–H groups in total. The summed E-state index contributed by atoms with van der Waals surface area (Å²) in [6, 6.07) is 2.04. The zero-order valence-corrected chi connectivity index (χ0v) is 8.70. The van der Waals surface area contributed by atoms with Crippen molar-refractivity contribution in [1.82, 2.24) is 10.6 Å². The van der Waals surface area contributed by atoms with E-state index >= 15 is 0 Å². The predicted octanol–water partition coefficient (Wildman–Crippen LogP) is -0.685. The molecule has 0 radical (unpaired) electrons. The molecule has 0 saturated heterocycles. The Morgan fingerprint density at radius 2 is 2.22 bits per heavy atom. The van der Waals surface area contributed by atoms with E-state index in [1.54, 1.807) is 0 Å². The topological polar surface area (TPSA) is 24.1 Å². The lowest BCUT2D eigenvalue weighted by atomic mass is 10.4. The molecule has 1 unspecified atom stereocenters. The van der Waals surface area contributed by atoms with E-state index in [9.17, 15) is 0 Å². The van der Waals surface area contributed by atoms with E-state index in [0.29, 0.717) is 6.04 Å². The van der Waals surface area contributed by atoms with Gasteiger partial charge in [0, 0.05) is 23.0 Å². The molecule has 0 aromatic heterocycles. The minimum absolute atomic E-state index is 0.704. The fourth-order valence-corrected chi connectivity index (χ4v) is 0.804. The molecule has 0 amide bonds. The van der Waals surface area contributed by atoms with Gasteiger partial charge in [-0.1, -0.05) is 19.9 Å². The van der Waals surface area contributed by atoms with Crippen molar-refractivity contribution in [3.63, 3.8) is 0 Å². The molecule has 0 aromatic carbocycles. The predicted molar refractivity (Wildman–Crippen MR) is 45.9 cm³/mol. The summed E-state index contributed by atoms with van der Waals surface area (Å²) in [5.41, 5.74) is 0. The minimum atomic E-state index is 0.704. The highest BCUT2D eigenvalue weighted by Gasteiger charge is 1.92. The van der Waals surface area contributed by atoms with Gasteiger partial charge in [0.05, 0.1) is 0 Å². The lowest BCUT2D eigenvalue weighted by molar-refractivity contribution is 0.537. The molecule has 0 bridgehead atoms. The fourth-order valence-electron chi connectivity index (χ4n) is 0.516. The Labute approximate surface area is 60.8 Å². The molecule has 0 aromatic rings. The van der Waals surface area contributed by atoms with E-state index < -0.39 is 0 Å². The lowest BCUT2D eigenvalue weighted by Crippen LogP contribution is -2.34. The van der Waals surface area contributed by atoms with Crippen LogP contribution in [0, 0.1) is 0 Å². The van der Waals surface area contributed by atoms with Gasteiger partial charge >= 0.3 is 0 Å². The molecule has 0 rings (SSSR count). The van der Waals surface area contributed by atoms with Crippen molar-refractivity contribution in [2.24, 2.45) is 0 Å². The molecule has 0 saturated carbocycles. The maximum atomic E-state index is 3.36. The first kappa shape index (κ1) is 9.14. The van der Waals surface area contributed by atoms with Crippen molar-refractivity contribution in [1.29, 1.82) is 0 Å². The Morgan fingerprint density at radius 1 is 1.56 bits per heavy atom. The zero-order valence-electron chi connectivity index (χ0n) is 6.70. The summed E-state index contributed by atoms with van der Waals surface area (Å²) in [7, 11) is 1.30. The van der Waals surface area contributed by atoms with Crippen LogP contribution in [0.3, 0.4) is 0 Å². The van der Waals surface area contributed by atoms with Crippen LogP contribution in [0.15, 0.2) is 0 Å². The number of rotatable bonds is 5. The molecular formula is C6H18N2Si. The summed E-state index contributed by atoms with van der Waals surface area (Å²) >= 11 is 0. The van der Waals surface area contributed by atoms with E-state index in [4.69, 9.17) is 0 Å². The lowest BCUT2D eigenvalue weighted by Gasteiger charge is -2.10. The molecule has 56 valence electrons. The molecule has 1 atom stereocenters. The van der Waals surface area contributed by atoms with Gasteiger partial charge in [0.1, 0.15) is 0 Å². The van der Waals surface area contributed by atoms with E-state index in [-0.39, 0.29) is 0 Å². The molecule has 2 nitrogen and oxygen atoms in total. The molecule has 9 heavy (non-hydrogen) atoms. The van der Waals surface area contributed by atoms with Crippen LogP contribution in [0.5, 0.6) is 0 Å². The second-order valence-corrected chi connectivity index (χ2v) is 3.11. The maximum Gasteiger partial charge on any atom is 0.0456 e. The summed E-state index contributed by atoms with van der Waals surface area (Å²) in [5.74, 6) is 0. The third-order valence-corrected chi connectivity index (χ3v) is 2.66. The summed E-state index contributed by atoms with van der Waals surface area (Å²) in [4.78, 5) is 0. The van der Waals surface area contributed by atoms with Crippen molar-refractivity contribution in [3.8, 4) is 0 Å². The highest BCUT2D eigenvalue weighted by Crippen LogP contribution is 1.82. The Morgan fingerprint density at radius 3 is 2.67 bits per heavy atom. The summed E-state index contributed by atoms with van der Waals surface area (Å²) in [6.07, 6.45) is 0. The number of hydrogen-bond acceptors (Lipinski definition) is 2. The van der Waals surface area contributed by atoms with Gasteiger partial charge in [0.15, 0.2) is 0 Å². The Balaban J connectivity index is 2.88. The third-order valence-electron chi connectivity index (χ3n) is 1.44. The van der Waals surface area contributed by atoms with Gasteiger partial charge in [-0.25, -0.2) is 0 Å². The van der Waals surface area contributed by atoms with Gasteiger partial charge in [0.25, 0.3) is 0 Å². The Bertz CT molecular complexity index is 59.0. The van der Waals surface area contributed by atoms with Crippen LogP contribution >= 0.6 is 0 Å². The summed E-state index contributed by atoms with van der Waals surface area (Å²) < 4.78 is 0. The molecule has 0 fully saturated rings. The molecule has 3 heteroatoms. The quantitative estimate of drug-likeness (QED) is 0.305. The number of nitrogens with one attached hydrogen (secondary N) is 2. The van der Waals surface area contributed by atoms with Crippen molar-refractivity contribution >= 4 is 10.2 Å². The SMILES string of the molecule is CCNCNC(C)C[SiH3]. The maximum absolute atomic E-state index is 3.36. The first-order chi connectivity index (χ1) is 4.31. The Hall–Kier alpha value is 0.137. The molecule has 0 aliphatic heterocycles. The molecule has 0 spiro atoms.